The van der Waals surface area contributed by atoms with E-state index in [1.807, 2.05) is 0 Å². The topological polar surface area (TPSA) is 61.5 Å². The molecule has 1 aromatic rings. The lowest BCUT2D eigenvalue weighted by molar-refractivity contribution is -0.146. The smallest absolute Gasteiger partial charge is 0.416 e. The fourth-order valence-corrected chi connectivity index (χ4v) is 1.46. The van der Waals surface area contributed by atoms with E-state index in [4.69, 9.17) is 10.5 Å². The van der Waals surface area contributed by atoms with E-state index in [1.165, 1.54) is 12.1 Å². The van der Waals surface area contributed by atoms with E-state index < -0.39 is 23.8 Å². The summed E-state index contributed by atoms with van der Waals surface area (Å²) in [6.07, 6.45) is -4.39. The lowest BCUT2D eigenvalue weighted by atomic mass is 10.1. The fraction of sp³-hybridized carbons (Fsp3) is 0.462. The Bertz CT molecular complexity index is 455. The van der Waals surface area contributed by atoms with Crippen LogP contribution in [0.4, 0.5) is 13.2 Å². The van der Waals surface area contributed by atoms with Gasteiger partial charge < -0.3 is 15.2 Å². The SMILES string of the molecule is CCOC(=O)[C@@H](N)COCc1cccc(C(F)(F)F)c1.Cl. The van der Waals surface area contributed by atoms with Crippen molar-refractivity contribution in [3.63, 3.8) is 0 Å². The molecule has 8 heteroatoms. The summed E-state index contributed by atoms with van der Waals surface area (Å²) < 4.78 is 47.3. The van der Waals surface area contributed by atoms with Gasteiger partial charge in [-0.3, -0.25) is 4.79 Å². The molecule has 2 N–H and O–H groups in total. The molecule has 0 saturated heterocycles. The Morgan fingerprint density at radius 1 is 1.38 bits per heavy atom. The minimum absolute atomic E-state index is 0. The molecule has 120 valence electrons. The summed E-state index contributed by atoms with van der Waals surface area (Å²) in [4.78, 5) is 11.2. The minimum Gasteiger partial charge on any atom is -0.465 e. The van der Waals surface area contributed by atoms with Gasteiger partial charge in [-0.25, -0.2) is 0 Å². The number of hydrogen-bond donors (Lipinski definition) is 1. The van der Waals surface area contributed by atoms with Gasteiger partial charge in [-0.1, -0.05) is 12.1 Å². The van der Waals surface area contributed by atoms with Crippen molar-refractivity contribution < 1.29 is 27.4 Å². The van der Waals surface area contributed by atoms with Crippen LogP contribution in [0.1, 0.15) is 18.1 Å². The average molecular weight is 328 g/mol. The first-order valence-electron chi connectivity index (χ1n) is 6.00. The van der Waals surface area contributed by atoms with Gasteiger partial charge in [0.15, 0.2) is 0 Å². The van der Waals surface area contributed by atoms with Crippen LogP contribution in [0.15, 0.2) is 24.3 Å². The van der Waals surface area contributed by atoms with Gasteiger partial charge in [0.05, 0.1) is 25.4 Å². The molecule has 0 aromatic heterocycles. The van der Waals surface area contributed by atoms with Gasteiger partial charge >= 0.3 is 12.1 Å². The summed E-state index contributed by atoms with van der Waals surface area (Å²) >= 11 is 0. The number of benzene rings is 1. The second kappa shape index (κ2) is 8.86. The first-order chi connectivity index (χ1) is 9.34. The first-order valence-corrected chi connectivity index (χ1v) is 6.00. The molecule has 1 aromatic carbocycles. The largest absolute Gasteiger partial charge is 0.465 e. The number of ether oxygens (including phenoxy) is 2. The molecule has 0 aliphatic heterocycles. The summed E-state index contributed by atoms with van der Waals surface area (Å²) in [5, 5.41) is 0. The van der Waals surface area contributed by atoms with Crippen molar-refractivity contribution in [3.8, 4) is 0 Å². The number of halogens is 4. The van der Waals surface area contributed by atoms with Gasteiger partial charge in [0.2, 0.25) is 0 Å². The van der Waals surface area contributed by atoms with Gasteiger partial charge in [0, 0.05) is 0 Å². The third-order valence-corrected chi connectivity index (χ3v) is 2.41. The van der Waals surface area contributed by atoms with Crippen molar-refractivity contribution in [1.82, 2.24) is 0 Å². The summed E-state index contributed by atoms with van der Waals surface area (Å²) in [5.41, 5.74) is 5.10. The van der Waals surface area contributed by atoms with Crippen molar-refractivity contribution in [2.75, 3.05) is 13.2 Å². The number of esters is 1. The molecule has 0 radical (unpaired) electrons. The zero-order valence-electron chi connectivity index (χ0n) is 11.4. The van der Waals surface area contributed by atoms with Gasteiger partial charge in [-0.05, 0) is 24.6 Å². The molecular weight excluding hydrogens is 311 g/mol. The molecule has 1 rings (SSSR count). The number of nitrogens with two attached hydrogens (primary N) is 1. The zero-order chi connectivity index (χ0) is 15.2. The number of carbonyl (C=O) groups excluding carboxylic acids is 1. The highest BCUT2D eigenvalue weighted by atomic mass is 35.5. The van der Waals surface area contributed by atoms with E-state index in [2.05, 4.69) is 4.74 Å². The fourth-order valence-electron chi connectivity index (χ4n) is 1.46. The Morgan fingerprint density at radius 2 is 2.05 bits per heavy atom. The van der Waals surface area contributed by atoms with Gasteiger partial charge in [0.1, 0.15) is 6.04 Å². The van der Waals surface area contributed by atoms with Gasteiger partial charge in [0.25, 0.3) is 0 Å². The van der Waals surface area contributed by atoms with E-state index in [1.54, 1.807) is 6.92 Å². The van der Waals surface area contributed by atoms with Gasteiger partial charge in [-0.2, -0.15) is 13.2 Å². The molecule has 0 aliphatic rings. The standard InChI is InChI=1S/C13H16F3NO3.ClH/c1-2-20-12(18)11(17)8-19-7-9-4-3-5-10(6-9)13(14,15)16;/h3-6,11H,2,7-8,17H2,1H3;1H/t11-;/m0./s1. The van der Waals surface area contributed by atoms with Crippen molar-refractivity contribution in [2.24, 2.45) is 5.73 Å². The van der Waals surface area contributed by atoms with Crippen LogP contribution < -0.4 is 5.73 Å². The summed E-state index contributed by atoms with van der Waals surface area (Å²) in [6, 6.07) is 3.84. The predicted octanol–water partition coefficient (Wildman–Crippen LogP) is 2.53. The summed E-state index contributed by atoms with van der Waals surface area (Å²) in [6.45, 7) is 1.68. The van der Waals surface area contributed by atoms with Crippen LogP contribution in [0.3, 0.4) is 0 Å². The Hall–Kier alpha value is -1.31. The molecule has 0 unspecified atom stereocenters. The van der Waals surface area contributed by atoms with Crippen molar-refractivity contribution in [3.05, 3.63) is 35.4 Å². The Morgan fingerprint density at radius 3 is 2.62 bits per heavy atom. The third-order valence-electron chi connectivity index (χ3n) is 2.41. The molecule has 0 aliphatic carbocycles. The van der Waals surface area contributed by atoms with E-state index in [-0.39, 0.29) is 32.2 Å². The highest BCUT2D eigenvalue weighted by Gasteiger charge is 2.30. The lowest BCUT2D eigenvalue weighted by Crippen LogP contribution is -2.36. The highest BCUT2D eigenvalue weighted by molar-refractivity contribution is 5.85. The maximum Gasteiger partial charge on any atom is 0.416 e. The van der Waals surface area contributed by atoms with Crippen LogP contribution in [-0.4, -0.2) is 25.2 Å². The molecule has 1 atom stereocenters. The third kappa shape index (κ3) is 6.79. The number of alkyl halides is 3. The maximum atomic E-state index is 12.5. The highest BCUT2D eigenvalue weighted by Crippen LogP contribution is 2.29. The summed E-state index contributed by atoms with van der Waals surface area (Å²) in [7, 11) is 0. The van der Waals surface area contributed by atoms with E-state index in [9.17, 15) is 18.0 Å². The van der Waals surface area contributed by atoms with Crippen LogP contribution in [0.5, 0.6) is 0 Å². The molecule has 0 heterocycles. The Balaban J connectivity index is 0.00000400. The molecular formula is C13H17ClF3NO3. The van der Waals surface area contributed by atoms with E-state index in [0.29, 0.717) is 5.56 Å². The second-order valence-electron chi connectivity index (χ2n) is 4.07. The van der Waals surface area contributed by atoms with Crippen LogP contribution in [0.2, 0.25) is 0 Å². The average Bonchev–Trinajstić information content (AvgIpc) is 2.38. The number of hydrogen-bond acceptors (Lipinski definition) is 4. The first kappa shape index (κ1) is 19.7. The lowest BCUT2D eigenvalue weighted by Gasteiger charge is -2.12. The predicted molar refractivity (Wildman–Crippen MR) is 73.0 cm³/mol. The molecule has 0 saturated carbocycles. The summed E-state index contributed by atoms with van der Waals surface area (Å²) in [5.74, 6) is -0.600. The quantitative estimate of drug-likeness (QED) is 0.816. The van der Waals surface area contributed by atoms with Crippen molar-refractivity contribution in [2.45, 2.75) is 25.7 Å². The Kier molecular flexibility index (Phi) is 8.31. The number of rotatable bonds is 6. The Labute approximate surface area is 126 Å². The normalized spacial score (nSPS) is 12.4. The molecule has 0 spiro atoms. The van der Waals surface area contributed by atoms with E-state index in [0.717, 1.165) is 12.1 Å². The van der Waals surface area contributed by atoms with E-state index >= 15 is 0 Å². The van der Waals surface area contributed by atoms with Crippen LogP contribution >= 0.6 is 12.4 Å². The number of carbonyl (C=O) groups is 1. The van der Waals surface area contributed by atoms with Crippen LogP contribution in [0.25, 0.3) is 0 Å². The molecule has 4 nitrogen and oxygen atoms in total. The zero-order valence-corrected chi connectivity index (χ0v) is 12.2. The monoisotopic (exact) mass is 327 g/mol. The maximum absolute atomic E-state index is 12.5. The minimum atomic E-state index is -4.39. The molecule has 0 amide bonds. The molecule has 0 bridgehead atoms. The van der Waals surface area contributed by atoms with Crippen LogP contribution in [-0.2, 0) is 27.1 Å². The molecule has 0 fully saturated rings. The van der Waals surface area contributed by atoms with Gasteiger partial charge in [-0.15, -0.1) is 12.4 Å². The molecule has 21 heavy (non-hydrogen) atoms. The second-order valence-corrected chi connectivity index (χ2v) is 4.07. The van der Waals surface area contributed by atoms with Crippen molar-refractivity contribution in [1.29, 1.82) is 0 Å². The van der Waals surface area contributed by atoms with Crippen molar-refractivity contribution >= 4 is 18.4 Å². The van der Waals surface area contributed by atoms with Crippen LogP contribution in [0, 0.1) is 0 Å².